The molecule has 0 saturated carbocycles. The van der Waals surface area contributed by atoms with Crippen LogP contribution in [0.4, 0.5) is 0 Å². The fraction of sp³-hybridized carbons (Fsp3) is 0.667. The van der Waals surface area contributed by atoms with Crippen LogP contribution in [0.2, 0.25) is 0 Å². The molecule has 0 aliphatic carbocycles. The summed E-state index contributed by atoms with van der Waals surface area (Å²) in [6.07, 6.45) is 0.575. The first kappa shape index (κ1) is 8.89. The van der Waals surface area contributed by atoms with Gasteiger partial charge in [0.1, 0.15) is 0 Å². The molecule has 13 heavy (non-hydrogen) atoms. The van der Waals surface area contributed by atoms with Crippen LogP contribution >= 0.6 is 12.2 Å². The van der Waals surface area contributed by atoms with E-state index in [0.29, 0.717) is 12.3 Å². The first-order valence-electron chi connectivity index (χ1n) is 3.83. The minimum atomic E-state index is -2.88. The lowest BCUT2D eigenvalue weighted by Gasteiger charge is -1.97. The van der Waals surface area contributed by atoms with E-state index in [-0.39, 0.29) is 22.3 Å². The number of rotatable bonds is 1. The molecule has 7 heteroatoms. The van der Waals surface area contributed by atoms with Crippen LogP contribution < -0.4 is 0 Å². The summed E-state index contributed by atoms with van der Waals surface area (Å²) < 4.78 is 27.3. The molecule has 2 rings (SSSR count). The van der Waals surface area contributed by atoms with E-state index in [1.807, 2.05) is 0 Å². The zero-order chi connectivity index (χ0) is 9.47. The van der Waals surface area contributed by atoms with Crippen LogP contribution in [0.3, 0.4) is 0 Å². The third-order valence-corrected chi connectivity index (χ3v) is 3.98. The minimum absolute atomic E-state index is 0.121. The van der Waals surface area contributed by atoms with Gasteiger partial charge in [-0.2, -0.15) is 0 Å². The summed E-state index contributed by atoms with van der Waals surface area (Å²) in [5.74, 6) is 0.618. The molecule has 1 aliphatic rings. The van der Waals surface area contributed by atoms with E-state index in [1.165, 1.54) is 0 Å². The lowest BCUT2D eigenvalue weighted by atomic mass is 10.1. The SMILES string of the molecule is O=S1(=O)CC[C@@H](c2n[nH]c(=S)o2)C1. The van der Waals surface area contributed by atoms with E-state index in [4.69, 9.17) is 16.6 Å². The molecule has 5 nitrogen and oxygen atoms in total. The summed E-state index contributed by atoms with van der Waals surface area (Å²) in [6.45, 7) is 0. The maximum atomic E-state index is 11.1. The van der Waals surface area contributed by atoms with Gasteiger partial charge in [0, 0.05) is 0 Å². The van der Waals surface area contributed by atoms with Crippen molar-refractivity contribution < 1.29 is 12.8 Å². The molecule has 0 amide bonds. The molecule has 1 aliphatic heterocycles. The Morgan fingerprint density at radius 3 is 2.85 bits per heavy atom. The quantitative estimate of drug-likeness (QED) is 0.703. The number of H-pyrrole nitrogens is 1. The molecular formula is C6H8N2O3S2. The normalized spacial score (nSPS) is 26.3. The van der Waals surface area contributed by atoms with Gasteiger partial charge in [0.15, 0.2) is 9.84 Å². The summed E-state index contributed by atoms with van der Waals surface area (Å²) in [6, 6.07) is 0. The molecule has 1 fully saturated rings. The van der Waals surface area contributed by atoms with Crippen LogP contribution in [0.1, 0.15) is 18.2 Å². The van der Waals surface area contributed by atoms with E-state index in [9.17, 15) is 8.42 Å². The standard InChI is InChI=1S/C6H8N2O3S2/c9-13(10)2-1-4(3-13)5-7-8-6(12)11-5/h4H,1-3H2,(H,8,12)/t4-/m1/s1. The van der Waals surface area contributed by atoms with Gasteiger partial charge in [-0.15, -0.1) is 5.10 Å². The third kappa shape index (κ3) is 1.80. The molecule has 0 spiro atoms. The highest BCUT2D eigenvalue weighted by atomic mass is 32.2. The van der Waals surface area contributed by atoms with E-state index in [0.717, 1.165) is 0 Å². The van der Waals surface area contributed by atoms with Crippen LogP contribution in [0.5, 0.6) is 0 Å². The Hall–Kier alpha value is -0.690. The van der Waals surface area contributed by atoms with E-state index in [2.05, 4.69) is 10.2 Å². The van der Waals surface area contributed by atoms with Crippen molar-refractivity contribution in [1.82, 2.24) is 10.2 Å². The smallest absolute Gasteiger partial charge is 0.284 e. The molecule has 0 aromatic carbocycles. The lowest BCUT2D eigenvalue weighted by molar-refractivity contribution is 0.450. The Balaban J connectivity index is 2.26. The van der Waals surface area contributed by atoms with Crippen molar-refractivity contribution in [3.63, 3.8) is 0 Å². The van der Waals surface area contributed by atoms with Crippen molar-refractivity contribution >= 4 is 22.1 Å². The maximum absolute atomic E-state index is 11.1. The van der Waals surface area contributed by atoms with Gasteiger partial charge in [0.25, 0.3) is 4.84 Å². The van der Waals surface area contributed by atoms with E-state index in [1.54, 1.807) is 0 Å². The average molecular weight is 220 g/mol. The molecule has 2 heterocycles. The first-order chi connectivity index (χ1) is 6.07. The van der Waals surface area contributed by atoms with Gasteiger partial charge in [-0.3, -0.25) is 0 Å². The van der Waals surface area contributed by atoms with Gasteiger partial charge in [-0.25, -0.2) is 13.5 Å². The predicted molar refractivity (Wildman–Crippen MR) is 47.7 cm³/mol. The second-order valence-electron chi connectivity index (χ2n) is 3.05. The number of nitrogens with one attached hydrogen (secondary N) is 1. The highest BCUT2D eigenvalue weighted by Crippen LogP contribution is 2.27. The zero-order valence-corrected chi connectivity index (χ0v) is 8.32. The largest absolute Gasteiger partial charge is 0.414 e. The van der Waals surface area contributed by atoms with E-state index >= 15 is 0 Å². The Morgan fingerprint density at radius 2 is 2.38 bits per heavy atom. The fourth-order valence-corrected chi connectivity index (χ4v) is 3.27. The maximum Gasteiger partial charge on any atom is 0.284 e. The van der Waals surface area contributed by atoms with Gasteiger partial charge >= 0.3 is 0 Å². The first-order valence-corrected chi connectivity index (χ1v) is 6.06. The second kappa shape index (κ2) is 2.91. The van der Waals surface area contributed by atoms with Crippen LogP contribution in [-0.2, 0) is 9.84 Å². The van der Waals surface area contributed by atoms with Crippen LogP contribution in [0.25, 0.3) is 0 Å². The Bertz CT molecular complexity index is 458. The molecule has 1 aromatic heterocycles. The minimum Gasteiger partial charge on any atom is -0.414 e. The van der Waals surface area contributed by atoms with Gasteiger partial charge in [0.2, 0.25) is 5.89 Å². The lowest BCUT2D eigenvalue weighted by Crippen LogP contribution is -2.03. The van der Waals surface area contributed by atoms with Crippen molar-refractivity contribution in [2.45, 2.75) is 12.3 Å². The van der Waals surface area contributed by atoms with Crippen molar-refractivity contribution in [3.05, 3.63) is 10.7 Å². The van der Waals surface area contributed by atoms with Crippen molar-refractivity contribution in [3.8, 4) is 0 Å². The van der Waals surface area contributed by atoms with Crippen molar-refractivity contribution in [2.75, 3.05) is 11.5 Å². The summed E-state index contributed by atoms with van der Waals surface area (Å²) in [7, 11) is -2.88. The molecule has 72 valence electrons. The molecule has 1 saturated heterocycles. The topological polar surface area (TPSA) is 76.0 Å². The average Bonchev–Trinajstić information content (AvgIpc) is 2.56. The van der Waals surface area contributed by atoms with Gasteiger partial charge in [-0.05, 0) is 18.6 Å². The van der Waals surface area contributed by atoms with Crippen LogP contribution in [-0.4, -0.2) is 30.1 Å². The number of aromatic nitrogens is 2. The Labute approximate surface area is 80.1 Å². The number of sulfone groups is 1. The summed E-state index contributed by atoms with van der Waals surface area (Å²) >= 11 is 4.69. The fourth-order valence-electron chi connectivity index (χ4n) is 1.41. The van der Waals surface area contributed by atoms with Gasteiger partial charge in [0.05, 0.1) is 17.4 Å². The molecular weight excluding hydrogens is 212 g/mol. The molecule has 1 atom stereocenters. The Morgan fingerprint density at radius 1 is 1.62 bits per heavy atom. The molecule has 1 N–H and O–H groups in total. The zero-order valence-electron chi connectivity index (χ0n) is 6.69. The number of hydrogen-bond donors (Lipinski definition) is 1. The summed E-state index contributed by atoms with van der Waals surface area (Å²) in [5, 5.41) is 6.28. The van der Waals surface area contributed by atoms with Crippen molar-refractivity contribution in [1.29, 1.82) is 0 Å². The van der Waals surface area contributed by atoms with Gasteiger partial charge < -0.3 is 4.42 Å². The molecule has 1 aromatic rings. The number of aromatic amines is 1. The monoisotopic (exact) mass is 220 g/mol. The molecule has 0 radical (unpaired) electrons. The van der Waals surface area contributed by atoms with Gasteiger partial charge in [-0.1, -0.05) is 0 Å². The van der Waals surface area contributed by atoms with Crippen molar-refractivity contribution in [2.24, 2.45) is 0 Å². The molecule has 0 bridgehead atoms. The summed E-state index contributed by atoms with van der Waals surface area (Å²) in [4.78, 5) is 0.194. The predicted octanol–water partition coefficient (Wildman–Crippen LogP) is 0.634. The van der Waals surface area contributed by atoms with Crippen LogP contribution in [0, 0.1) is 4.84 Å². The third-order valence-electron chi connectivity index (χ3n) is 2.04. The highest BCUT2D eigenvalue weighted by molar-refractivity contribution is 7.91. The number of nitrogens with zero attached hydrogens (tertiary/aromatic N) is 1. The second-order valence-corrected chi connectivity index (χ2v) is 5.65. The van der Waals surface area contributed by atoms with Crippen LogP contribution in [0.15, 0.2) is 4.42 Å². The van der Waals surface area contributed by atoms with E-state index < -0.39 is 9.84 Å². The number of hydrogen-bond acceptors (Lipinski definition) is 5. The summed E-state index contributed by atoms with van der Waals surface area (Å²) in [5.41, 5.74) is 0. The molecule has 0 unspecified atom stereocenters. The Kier molecular flexibility index (Phi) is 1.99. The highest BCUT2D eigenvalue weighted by Gasteiger charge is 2.32.